The Kier molecular flexibility index (Phi) is 18.7. The molecule has 0 spiro atoms. The van der Waals surface area contributed by atoms with E-state index in [-0.39, 0.29) is 19.3 Å². The summed E-state index contributed by atoms with van der Waals surface area (Å²) in [6, 6.07) is -8.05. The standard InChI is InChI=1S/C27H44F3N7O11/c1-5-12(2)19(21(31)43)36-25(47)20(13(3)39)37-22(44)15(8-6-7-9-32-26(48)27(28,29)30)34-23(45)16(10-18(41)42)35-24(46)17(11-38)33-14(4)40/h12-13,15-17,19-20,38-39H,5-11H2,1-4H3,(H2,31,43)(H,32,48)(H,33,40)(H,34,45)(H,35,46)(H,36,47)(H,37,44)(H,41,42)/t12-,13+,15-,16-,17-,19-,20-/m0/s1. The van der Waals surface area contributed by atoms with Crippen molar-refractivity contribution >= 4 is 47.3 Å². The fourth-order valence-electron chi connectivity index (χ4n) is 4.04. The molecule has 0 unspecified atom stereocenters. The predicted octanol–water partition coefficient (Wildman–Crippen LogP) is -3.34. The van der Waals surface area contributed by atoms with Crippen LogP contribution in [0.15, 0.2) is 0 Å². The highest BCUT2D eigenvalue weighted by atomic mass is 19.4. The quantitative estimate of drug-likeness (QED) is 0.0528. The number of amides is 7. The molecule has 0 aliphatic carbocycles. The summed E-state index contributed by atoms with van der Waals surface area (Å²) < 4.78 is 37.4. The molecule has 11 N–H and O–H groups in total. The summed E-state index contributed by atoms with van der Waals surface area (Å²) in [6.07, 6.45) is -8.02. The first kappa shape index (κ1) is 43.5. The zero-order valence-corrected chi connectivity index (χ0v) is 26.8. The smallest absolute Gasteiger partial charge is 0.471 e. The number of carboxylic acid groups (broad SMARTS) is 1. The number of halogens is 3. The molecule has 0 aromatic heterocycles. The van der Waals surface area contributed by atoms with Crippen LogP contribution in [-0.4, -0.2) is 118 Å². The third-order valence-corrected chi connectivity index (χ3v) is 6.86. The molecule has 0 aromatic rings. The van der Waals surface area contributed by atoms with Crippen LogP contribution in [0.3, 0.4) is 0 Å². The van der Waals surface area contributed by atoms with E-state index in [1.807, 2.05) is 5.32 Å². The molecule has 7 amide bonds. The van der Waals surface area contributed by atoms with E-state index >= 15 is 0 Å². The van der Waals surface area contributed by atoms with Crippen LogP contribution < -0.4 is 37.6 Å². The van der Waals surface area contributed by atoms with E-state index in [2.05, 4.69) is 21.3 Å². The number of primary amides is 1. The number of aliphatic hydroxyl groups is 2. The Hall–Kier alpha value is -4.53. The van der Waals surface area contributed by atoms with Crippen molar-refractivity contribution in [3.63, 3.8) is 0 Å². The first-order valence-corrected chi connectivity index (χ1v) is 14.8. The Morgan fingerprint density at radius 3 is 1.75 bits per heavy atom. The minimum atomic E-state index is -5.14. The van der Waals surface area contributed by atoms with E-state index in [0.717, 1.165) is 13.8 Å². The van der Waals surface area contributed by atoms with Gasteiger partial charge in [-0.3, -0.25) is 38.4 Å². The lowest BCUT2D eigenvalue weighted by molar-refractivity contribution is -0.173. The highest BCUT2D eigenvalue weighted by Crippen LogP contribution is 2.14. The fraction of sp³-hybridized carbons (Fsp3) is 0.704. The van der Waals surface area contributed by atoms with Crippen molar-refractivity contribution in [3.8, 4) is 0 Å². The molecule has 7 atom stereocenters. The van der Waals surface area contributed by atoms with E-state index in [1.165, 1.54) is 0 Å². The van der Waals surface area contributed by atoms with Gasteiger partial charge in [-0.05, 0) is 32.1 Å². The van der Waals surface area contributed by atoms with Crippen molar-refractivity contribution in [1.29, 1.82) is 0 Å². The van der Waals surface area contributed by atoms with E-state index in [9.17, 15) is 66.8 Å². The summed E-state index contributed by atoms with van der Waals surface area (Å²) in [5, 5.41) is 41.4. The molecule has 0 heterocycles. The van der Waals surface area contributed by atoms with Gasteiger partial charge < -0.3 is 53.0 Å². The molecule has 0 fully saturated rings. The number of aliphatic carboxylic acids is 1. The molecule has 0 aliphatic rings. The second-order valence-electron chi connectivity index (χ2n) is 10.9. The van der Waals surface area contributed by atoms with Crippen molar-refractivity contribution < 1.29 is 66.8 Å². The molecule has 0 saturated carbocycles. The average molecular weight is 700 g/mol. The van der Waals surface area contributed by atoms with Gasteiger partial charge in [0.05, 0.1) is 19.1 Å². The normalized spacial score (nSPS) is 15.6. The number of carbonyl (C=O) groups excluding carboxylic acids is 7. The molecule has 0 saturated heterocycles. The molecular weight excluding hydrogens is 655 g/mol. The van der Waals surface area contributed by atoms with Crippen LogP contribution in [0.4, 0.5) is 13.2 Å². The van der Waals surface area contributed by atoms with Crippen LogP contribution >= 0.6 is 0 Å². The van der Waals surface area contributed by atoms with Gasteiger partial charge in [-0.2, -0.15) is 13.2 Å². The number of carboxylic acids is 1. The van der Waals surface area contributed by atoms with Crippen LogP contribution in [0, 0.1) is 5.92 Å². The largest absolute Gasteiger partial charge is 0.481 e. The van der Waals surface area contributed by atoms with E-state index in [0.29, 0.717) is 6.42 Å². The SMILES string of the molecule is CC[C@H](C)[C@H](NC(=O)[C@@H](NC(=O)[C@H](CCCCNC(=O)C(F)(F)F)NC(=O)[C@H](CC(=O)O)NC(=O)[C@H](CO)NC(C)=O)[C@@H](C)O)C(N)=O. The van der Waals surface area contributed by atoms with E-state index in [4.69, 9.17) is 5.73 Å². The van der Waals surface area contributed by atoms with Crippen molar-refractivity contribution in [2.24, 2.45) is 11.7 Å². The van der Waals surface area contributed by atoms with Gasteiger partial charge >= 0.3 is 18.1 Å². The number of rotatable bonds is 21. The van der Waals surface area contributed by atoms with E-state index < -0.39 is 115 Å². The molecular formula is C27H44F3N7O11. The van der Waals surface area contributed by atoms with Crippen molar-refractivity contribution in [3.05, 3.63) is 0 Å². The first-order valence-electron chi connectivity index (χ1n) is 14.8. The Morgan fingerprint density at radius 1 is 0.771 bits per heavy atom. The summed E-state index contributed by atoms with van der Waals surface area (Å²) in [7, 11) is 0. The second-order valence-corrected chi connectivity index (χ2v) is 10.9. The van der Waals surface area contributed by atoms with Crippen LogP contribution in [0.2, 0.25) is 0 Å². The van der Waals surface area contributed by atoms with Crippen molar-refractivity contribution in [1.82, 2.24) is 31.9 Å². The number of hydrogen-bond donors (Lipinski definition) is 10. The first-order chi connectivity index (χ1) is 22.2. The monoisotopic (exact) mass is 699 g/mol. The van der Waals surface area contributed by atoms with Gasteiger partial charge in [-0.25, -0.2) is 0 Å². The van der Waals surface area contributed by atoms with Gasteiger partial charge in [-0.15, -0.1) is 0 Å². The highest BCUT2D eigenvalue weighted by molar-refractivity contribution is 5.97. The average Bonchev–Trinajstić information content (AvgIpc) is 2.97. The third-order valence-electron chi connectivity index (χ3n) is 6.86. The minimum absolute atomic E-state index is 0.134. The fourth-order valence-corrected chi connectivity index (χ4v) is 4.04. The lowest BCUT2D eigenvalue weighted by atomic mass is 9.98. The Morgan fingerprint density at radius 2 is 1.29 bits per heavy atom. The van der Waals surface area contributed by atoms with Crippen LogP contribution in [0.1, 0.15) is 59.8 Å². The number of hydrogen-bond acceptors (Lipinski definition) is 10. The Balaban J connectivity index is 6.14. The van der Waals surface area contributed by atoms with Gasteiger partial charge in [0.1, 0.15) is 30.2 Å². The van der Waals surface area contributed by atoms with E-state index in [1.54, 1.807) is 19.2 Å². The van der Waals surface area contributed by atoms with Crippen LogP contribution in [0.5, 0.6) is 0 Å². The maximum absolute atomic E-state index is 13.3. The van der Waals surface area contributed by atoms with Crippen molar-refractivity contribution in [2.45, 2.75) is 102 Å². The lowest BCUT2D eigenvalue weighted by Gasteiger charge is -2.28. The van der Waals surface area contributed by atoms with Crippen LogP contribution in [0.25, 0.3) is 0 Å². The van der Waals surface area contributed by atoms with Gasteiger partial charge in [0, 0.05) is 13.5 Å². The number of aliphatic hydroxyl groups excluding tert-OH is 2. The molecule has 274 valence electrons. The van der Waals surface area contributed by atoms with Crippen molar-refractivity contribution in [2.75, 3.05) is 13.2 Å². The molecule has 0 aromatic carbocycles. The second kappa shape index (κ2) is 20.7. The lowest BCUT2D eigenvalue weighted by Crippen LogP contribution is -2.61. The molecule has 21 heteroatoms. The summed E-state index contributed by atoms with van der Waals surface area (Å²) in [4.78, 5) is 97.7. The van der Waals surface area contributed by atoms with Crippen LogP contribution in [-0.2, 0) is 38.4 Å². The van der Waals surface area contributed by atoms with Gasteiger partial charge in [0.2, 0.25) is 35.4 Å². The Labute approximate surface area is 273 Å². The molecule has 18 nitrogen and oxygen atoms in total. The number of nitrogens with one attached hydrogen (secondary N) is 6. The molecule has 0 bridgehead atoms. The molecule has 48 heavy (non-hydrogen) atoms. The van der Waals surface area contributed by atoms with Gasteiger partial charge in [0.15, 0.2) is 0 Å². The topological polar surface area (TPSA) is 295 Å². The predicted molar refractivity (Wildman–Crippen MR) is 158 cm³/mol. The Bertz CT molecular complexity index is 1170. The highest BCUT2D eigenvalue weighted by Gasteiger charge is 2.38. The molecule has 0 radical (unpaired) electrons. The molecule has 0 aliphatic heterocycles. The van der Waals surface area contributed by atoms with Gasteiger partial charge in [0.25, 0.3) is 0 Å². The minimum Gasteiger partial charge on any atom is -0.481 e. The number of carbonyl (C=O) groups is 8. The zero-order chi connectivity index (χ0) is 37.4. The maximum Gasteiger partial charge on any atom is 0.471 e. The number of nitrogens with two attached hydrogens (primary N) is 1. The molecule has 0 rings (SSSR count). The summed E-state index contributed by atoms with van der Waals surface area (Å²) in [5.41, 5.74) is 5.37. The zero-order valence-electron chi connectivity index (χ0n) is 26.8. The summed E-state index contributed by atoms with van der Waals surface area (Å²) in [6.45, 7) is 4.04. The summed E-state index contributed by atoms with van der Waals surface area (Å²) in [5.74, 6) is -10.5. The summed E-state index contributed by atoms with van der Waals surface area (Å²) >= 11 is 0. The maximum atomic E-state index is 13.3. The number of unbranched alkanes of at least 4 members (excludes halogenated alkanes) is 1. The third kappa shape index (κ3) is 15.8. The van der Waals surface area contributed by atoms with Gasteiger partial charge in [-0.1, -0.05) is 20.3 Å². The number of alkyl halides is 3.